The van der Waals surface area contributed by atoms with Gasteiger partial charge in [-0.2, -0.15) is 9.97 Å². The first-order valence-corrected chi connectivity index (χ1v) is 9.76. The molecule has 142 valence electrons. The second-order valence-electron chi connectivity index (χ2n) is 6.03. The molecule has 0 saturated carbocycles. The van der Waals surface area contributed by atoms with Crippen molar-refractivity contribution in [1.29, 1.82) is 0 Å². The van der Waals surface area contributed by atoms with Crippen molar-refractivity contribution in [3.05, 3.63) is 34.5 Å². The van der Waals surface area contributed by atoms with Gasteiger partial charge in [-0.15, -0.1) is 0 Å². The molecule has 0 radical (unpaired) electrons. The number of fused-ring (bicyclic) bond motifs is 1. The molecule has 0 atom stereocenters. The highest BCUT2D eigenvalue weighted by Crippen LogP contribution is 2.27. The molecule has 0 saturated heterocycles. The maximum atomic E-state index is 12.0. The minimum atomic E-state index is -0.266. The van der Waals surface area contributed by atoms with Gasteiger partial charge in [0.15, 0.2) is 10.8 Å². The predicted octanol–water partition coefficient (Wildman–Crippen LogP) is 3.20. The summed E-state index contributed by atoms with van der Waals surface area (Å²) in [6.07, 6.45) is 4.36. The van der Waals surface area contributed by atoms with Crippen molar-refractivity contribution in [3.63, 3.8) is 0 Å². The molecule has 0 aliphatic rings. The number of carbonyl (C=O) groups is 1. The number of nitrogens with zero attached hydrogens (tertiary/aromatic N) is 5. The van der Waals surface area contributed by atoms with Gasteiger partial charge in [0.1, 0.15) is 11.3 Å². The highest BCUT2D eigenvalue weighted by atomic mass is 79.9. The van der Waals surface area contributed by atoms with Crippen LogP contribution in [0.3, 0.4) is 0 Å². The van der Waals surface area contributed by atoms with Crippen molar-refractivity contribution >= 4 is 50.6 Å². The van der Waals surface area contributed by atoms with Crippen molar-refractivity contribution in [2.24, 2.45) is 0 Å². The van der Waals surface area contributed by atoms with Crippen molar-refractivity contribution in [1.82, 2.24) is 24.5 Å². The average Bonchev–Trinajstić information content (AvgIpc) is 3.02. The van der Waals surface area contributed by atoms with Gasteiger partial charge in [0.2, 0.25) is 5.95 Å². The molecule has 10 heteroatoms. The topological polar surface area (TPSA) is 109 Å². The number of alkyl halides is 1. The fraction of sp³-hybridized carbons (Fsp3) is 0.353. The van der Waals surface area contributed by atoms with Gasteiger partial charge in [-0.05, 0) is 20.3 Å². The average molecular weight is 454 g/mol. The summed E-state index contributed by atoms with van der Waals surface area (Å²) in [6.45, 7) is 4.11. The summed E-state index contributed by atoms with van der Waals surface area (Å²) >= 11 is 9.38. The summed E-state index contributed by atoms with van der Waals surface area (Å²) in [7, 11) is 0. The number of nitrogens with two attached hydrogens (primary N) is 1. The molecule has 0 aromatic carbocycles. The van der Waals surface area contributed by atoms with Crippen LogP contribution < -0.4 is 10.5 Å². The third-order valence-electron chi connectivity index (χ3n) is 4.03. The van der Waals surface area contributed by atoms with E-state index in [1.807, 2.05) is 13.8 Å². The highest BCUT2D eigenvalue weighted by molar-refractivity contribution is 9.09. The monoisotopic (exact) mass is 452 g/mol. The van der Waals surface area contributed by atoms with E-state index in [9.17, 15) is 4.79 Å². The van der Waals surface area contributed by atoms with Crippen LogP contribution in [0.2, 0.25) is 5.15 Å². The maximum Gasteiger partial charge on any atom is 0.311 e. The van der Waals surface area contributed by atoms with Crippen molar-refractivity contribution in [2.45, 2.75) is 33.2 Å². The SMILES string of the molecule is Cc1cnc(Cn2cnc3c(Cl)nc(N)nc32)c(C)c1OC(=O)CCCBr. The van der Waals surface area contributed by atoms with Crippen LogP contribution in [-0.2, 0) is 11.3 Å². The normalized spacial score (nSPS) is 11.1. The molecule has 27 heavy (non-hydrogen) atoms. The third kappa shape index (κ3) is 4.19. The lowest BCUT2D eigenvalue weighted by molar-refractivity contribution is -0.134. The Balaban J connectivity index is 1.92. The number of ether oxygens (including phenoxy) is 1. The largest absolute Gasteiger partial charge is 0.426 e. The second kappa shape index (κ2) is 8.18. The van der Waals surface area contributed by atoms with Crippen LogP contribution in [0.4, 0.5) is 5.95 Å². The minimum Gasteiger partial charge on any atom is -0.426 e. The molecule has 0 amide bonds. The zero-order chi connectivity index (χ0) is 19.6. The smallest absolute Gasteiger partial charge is 0.311 e. The van der Waals surface area contributed by atoms with Crippen LogP contribution >= 0.6 is 27.5 Å². The van der Waals surface area contributed by atoms with Crippen molar-refractivity contribution < 1.29 is 9.53 Å². The number of imidazole rings is 1. The van der Waals surface area contributed by atoms with Gasteiger partial charge >= 0.3 is 5.97 Å². The van der Waals surface area contributed by atoms with Crippen LogP contribution in [-0.4, -0.2) is 35.8 Å². The Kier molecular flexibility index (Phi) is 5.91. The molecule has 3 aromatic rings. The van der Waals surface area contributed by atoms with Crippen LogP contribution in [0.25, 0.3) is 11.2 Å². The van der Waals surface area contributed by atoms with E-state index in [1.54, 1.807) is 17.1 Å². The molecule has 3 aromatic heterocycles. The molecule has 0 aliphatic heterocycles. The lowest BCUT2D eigenvalue weighted by Crippen LogP contribution is -2.12. The van der Waals surface area contributed by atoms with E-state index in [4.69, 9.17) is 22.1 Å². The van der Waals surface area contributed by atoms with Gasteiger partial charge in [0.25, 0.3) is 0 Å². The molecule has 3 rings (SSSR count). The van der Waals surface area contributed by atoms with E-state index in [2.05, 4.69) is 35.9 Å². The molecule has 0 bridgehead atoms. The van der Waals surface area contributed by atoms with E-state index < -0.39 is 0 Å². The summed E-state index contributed by atoms with van der Waals surface area (Å²) in [5.41, 5.74) is 9.00. The number of carbonyl (C=O) groups excluding carboxylic acids is 1. The number of halogens is 2. The Bertz CT molecular complexity index is 1010. The third-order valence-corrected chi connectivity index (χ3v) is 4.86. The minimum absolute atomic E-state index is 0.0734. The van der Waals surface area contributed by atoms with Crippen LogP contribution in [0.15, 0.2) is 12.5 Å². The Hall–Kier alpha value is -2.26. The van der Waals surface area contributed by atoms with Gasteiger partial charge in [-0.1, -0.05) is 27.5 Å². The number of esters is 1. The molecule has 3 heterocycles. The molecular weight excluding hydrogens is 436 g/mol. The number of rotatable bonds is 6. The lowest BCUT2D eigenvalue weighted by Gasteiger charge is -2.14. The van der Waals surface area contributed by atoms with E-state index in [1.165, 1.54) is 0 Å². The Labute approximate surface area is 169 Å². The van der Waals surface area contributed by atoms with Gasteiger partial charge in [0.05, 0.1) is 18.6 Å². The number of aromatic nitrogens is 5. The first kappa shape index (κ1) is 19.5. The zero-order valence-corrected chi connectivity index (χ0v) is 17.2. The Morgan fingerprint density at radius 1 is 1.33 bits per heavy atom. The van der Waals surface area contributed by atoms with Crippen LogP contribution in [0.1, 0.15) is 29.7 Å². The zero-order valence-electron chi connectivity index (χ0n) is 14.9. The molecule has 0 fully saturated rings. The molecular formula is C17H18BrClN6O2. The number of pyridine rings is 1. The van der Waals surface area contributed by atoms with Crippen molar-refractivity contribution in [3.8, 4) is 5.75 Å². The quantitative estimate of drug-likeness (QED) is 0.347. The van der Waals surface area contributed by atoms with Crippen molar-refractivity contribution in [2.75, 3.05) is 11.1 Å². The van der Waals surface area contributed by atoms with Gasteiger partial charge < -0.3 is 15.0 Å². The summed E-state index contributed by atoms with van der Waals surface area (Å²) in [5, 5.41) is 0.953. The van der Waals surface area contributed by atoms with E-state index in [0.29, 0.717) is 29.9 Å². The Morgan fingerprint density at radius 2 is 2.11 bits per heavy atom. The van der Waals surface area contributed by atoms with Gasteiger partial charge in [0, 0.05) is 29.1 Å². The standard InChI is InChI=1S/C17H18BrClN6O2/c1-9-6-21-11(10(2)14(9)27-12(26)4-3-5-18)7-25-8-22-13-15(19)23-17(20)24-16(13)25/h6,8H,3-5,7H2,1-2H3,(H2,20,23,24). The molecule has 0 aliphatic carbocycles. The van der Waals surface area contributed by atoms with Crippen LogP contribution in [0, 0.1) is 13.8 Å². The number of anilines is 1. The number of aryl methyl sites for hydroxylation is 1. The maximum absolute atomic E-state index is 12.0. The number of nitrogen functional groups attached to an aromatic ring is 1. The van der Waals surface area contributed by atoms with E-state index in [0.717, 1.165) is 28.6 Å². The summed E-state index contributed by atoms with van der Waals surface area (Å²) < 4.78 is 7.35. The fourth-order valence-corrected chi connectivity index (χ4v) is 3.15. The summed E-state index contributed by atoms with van der Waals surface area (Å²) in [4.78, 5) is 28.9. The summed E-state index contributed by atoms with van der Waals surface area (Å²) in [5.74, 6) is 0.346. The van der Waals surface area contributed by atoms with Crippen LogP contribution in [0.5, 0.6) is 5.75 Å². The molecule has 8 nitrogen and oxygen atoms in total. The highest BCUT2D eigenvalue weighted by Gasteiger charge is 2.16. The number of hydrogen-bond donors (Lipinski definition) is 1. The number of hydrogen-bond acceptors (Lipinski definition) is 7. The lowest BCUT2D eigenvalue weighted by atomic mass is 10.1. The first-order valence-electron chi connectivity index (χ1n) is 8.26. The molecule has 0 unspecified atom stereocenters. The summed E-state index contributed by atoms with van der Waals surface area (Å²) in [6, 6.07) is 0. The van der Waals surface area contributed by atoms with Gasteiger partial charge in [-0.3, -0.25) is 9.78 Å². The first-order chi connectivity index (χ1) is 12.9. The second-order valence-corrected chi connectivity index (χ2v) is 7.18. The van der Waals surface area contributed by atoms with E-state index in [-0.39, 0.29) is 17.1 Å². The molecule has 2 N–H and O–H groups in total. The molecule has 0 spiro atoms. The van der Waals surface area contributed by atoms with Gasteiger partial charge in [-0.25, -0.2) is 4.98 Å². The fourth-order valence-electron chi connectivity index (χ4n) is 2.65. The predicted molar refractivity (Wildman–Crippen MR) is 106 cm³/mol. The Morgan fingerprint density at radius 3 is 2.85 bits per heavy atom. The van der Waals surface area contributed by atoms with E-state index >= 15 is 0 Å².